The van der Waals surface area contributed by atoms with Crippen LogP contribution in [0.1, 0.15) is 5.89 Å². The van der Waals surface area contributed by atoms with Crippen LogP contribution in [0.4, 0.5) is 4.39 Å². The van der Waals surface area contributed by atoms with E-state index in [1.54, 1.807) is 25.6 Å². The summed E-state index contributed by atoms with van der Waals surface area (Å²) < 4.78 is 24.2. The minimum atomic E-state index is -0.267. The van der Waals surface area contributed by atoms with Crippen LogP contribution in [0.2, 0.25) is 0 Å². The number of methoxy groups -OCH3 is 1. The van der Waals surface area contributed by atoms with Crippen LogP contribution in [0.25, 0.3) is 32.7 Å². The summed E-state index contributed by atoms with van der Waals surface area (Å²) in [6, 6.07) is 13.9. The van der Waals surface area contributed by atoms with Crippen molar-refractivity contribution in [2.24, 2.45) is 0 Å². The first kappa shape index (κ1) is 19.7. The van der Waals surface area contributed by atoms with Gasteiger partial charge in [0.15, 0.2) is 0 Å². The van der Waals surface area contributed by atoms with E-state index in [0.29, 0.717) is 23.2 Å². The highest BCUT2D eigenvalue weighted by Gasteiger charge is 2.16. The molecule has 0 saturated heterocycles. The summed E-state index contributed by atoms with van der Waals surface area (Å²) in [7, 11) is 1.61. The van der Waals surface area contributed by atoms with Crippen molar-refractivity contribution >= 4 is 33.3 Å². The molecule has 9 heteroatoms. The fraction of sp³-hybridized carbons (Fsp3) is 0.0909. The van der Waals surface area contributed by atoms with Crippen LogP contribution in [0.15, 0.2) is 69.8 Å². The molecule has 154 valence electrons. The van der Waals surface area contributed by atoms with Crippen molar-refractivity contribution in [1.29, 1.82) is 0 Å². The van der Waals surface area contributed by atoms with Crippen LogP contribution in [0, 0.1) is 5.82 Å². The molecule has 0 N–H and O–H groups in total. The van der Waals surface area contributed by atoms with Crippen molar-refractivity contribution in [1.82, 2.24) is 20.1 Å². The molecular formula is C22H15FN4O2S2. The molecule has 0 aliphatic rings. The van der Waals surface area contributed by atoms with Gasteiger partial charge >= 0.3 is 0 Å². The lowest BCUT2D eigenvalue weighted by atomic mass is 10.1. The molecule has 6 nitrogen and oxygen atoms in total. The van der Waals surface area contributed by atoms with Gasteiger partial charge in [0.05, 0.1) is 23.8 Å². The Bertz CT molecular complexity index is 1350. The summed E-state index contributed by atoms with van der Waals surface area (Å²) in [5.74, 6) is 1.82. The van der Waals surface area contributed by atoms with Crippen LogP contribution in [-0.4, -0.2) is 27.2 Å². The number of halogens is 1. The first-order valence-corrected chi connectivity index (χ1v) is 11.2. The first-order chi connectivity index (χ1) is 15.2. The van der Waals surface area contributed by atoms with Gasteiger partial charge in [0.25, 0.3) is 0 Å². The van der Waals surface area contributed by atoms with Gasteiger partial charge in [-0.25, -0.2) is 14.4 Å². The van der Waals surface area contributed by atoms with Crippen LogP contribution in [0.5, 0.6) is 5.75 Å². The van der Waals surface area contributed by atoms with Gasteiger partial charge in [0.1, 0.15) is 27.8 Å². The third-order valence-electron chi connectivity index (χ3n) is 4.64. The second-order valence-electron chi connectivity index (χ2n) is 6.52. The predicted octanol–water partition coefficient (Wildman–Crippen LogP) is 5.85. The maximum Gasteiger partial charge on any atom is 0.237 e. The fourth-order valence-electron chi connectivity index (χ4n) is 3.18. The van der Waals surface area contributed by atoms with Gasteiger partial charge in [-0.2, -0.15) is 4.98 Å². The Labute approximate surface area is 185 Å². The number of hydrogen-bond acceptors (Lipinski definition) is 8. The monoisotopic (exact) mass is 450 g/mol. The maximum absolute atomic E-state index is 13.3. The van der Waals surface area contributed by atoms with E-state index in [9.17, 15) is 4.39 Å². The van der Waals surface area contributed by atoms with Crippen molar-refractivity contribution in [3.63, 3.8) is 0 Å². The Kier molecular flexibility index (Phi) is 5.35. The average Bonchev–Trinajstić information content (AvgIpc) is 3.46. The number of fused-ring (bicyclic) bond motifs is 1. The zero-order valence-corrected chi connectivity index (χ0v) is 17.9. The molecule has 3 aromatic heterocycles. The number of nitrogens with zero attached hydrogens (tertiary/aromatic N) is 4. The number of thiophene rings is 1. The van der Waals surface area contributed by atoms with Gasteiger partial charge in [-0.05, 0) is 29.8 Å². The molecule has 0 aliphatic carbocycles. The number of ether oxygens (including phenoxy) is 1. The highest BCUT2D eigenvalue weighted by atomic mass is 32.2. The molecule has 0 fully saturated rings. The van der Waals surface area contributed by atoms with E-state index in [1.807, 2.05) is 29.6 Å². The predicted molar refractivity (Wildman–Crippen MR) is 119 cm³/mol. The molecule has 0 atom stereocenters. The number of para-hydroxylation sites is 1. The molecular weight excluding hydrogens is 435 g/mol. The second kappa shape index (κ2) is 8.44. The van der Waals surface area contributed by atoms with E-state index in [-0.39, 0.29) is 5.82 Å². The second-order valence-corrected chi connectivity index (χ2v) is 8.34. The zero-order chi connectivity index (χ0) is 21.2. The van der Waals surface area contributed by atoms with Crippen LogP contribution >= 0.6 is 23.1 Å². The van der Waals surface area contributed by atoms with Gasteiger partial charge in [-0.3, -0.25) is 0 Å². The number of thioether (sulfide) groups is 1. The van der Waals surface area contributed by atoms with E-state index in [0.717, 1.165) is 31.9 Å². The molecule has 0 unspecified atom stereocenters. The van der Waals surface area contributed by atoms with Crippen LogP contribution < -0.4 is 4.74 Å². The lowest BCUT2D eigenvalue weighted by Crippen LogP contribution is -1.90. The first-order valence-electron chi connectivity index (χ1n) is 9.30. The highest BCUT2D eigenvalue weighted by Crippen LogP contribution is 2.38. The lowest BCUT2D eigenvalue weighted by Gasteiger charge is -2.04. The van der Waals surface area contributed by atoms with Gasteiger partial charge in [-0.15, -0.1) is 11.3 Å². The summed E-state index contributed by atoms with van der Waals surface area (Å²) in [6.45, 7) is 0. The Morgan fingerprint density at radius 3 is 2.74 bits per heavy atom. The van der Waals surface area contributed by atoms with E-state index in [4.69, 9.17) is 9.26 Å². The highest BCUT2D eigenvalue weighted by molar-refractivity contribution is 7.98. The van der Waals surface area contributed by atoms with Gasteiger partial charge in [-0.1, -0.05) is 41.2 Å². The Balaban J connectivity index is 1.42. The minimum absolute atomic E-state index is 0.267. The summed E-state index contributed by atoms with van der Waals surface area (Å²) in [5.41, 5.74) is 2.66. The molecule has 0 saturated carbocycles. The number of rotatable bonds is 6. The maximum atomic E-state index is 13.3. The van der Waals surface area contributed by atoms with E-state index in [2.05, 4.69) is 20.1 Å². The molecule has 5 rings (SSSR count). The SMILES string of the molecule is COc1ccccc1-c1noc(CSc2ncnc3scc(-c4ccc(F)cc4)c23)n1. The van der Waals surface area contributed by atoms with E-state index >= 15 is 0 Å². The Morgan fingerprint density at radius 2 is 1.90 bits per heavy atom. The molecule has 2 aromatic carbocycles. The number of hydrogen-bond donors (Lipinski definition) is 0. The van der Waals surface area contributed by atoms with Crippen molar-refractivity contribution in [2.45, 2.75) is 10.8 Å². The van der Waals surface area contributed by atoms with E-state index in [1.165, 1.54) is 35.2 Å². The molecule has 5 aromatic rings. The standard InChI is InChI=1S/C22H15FN4O2S2/c1-28-17-5-3-2-4-15(17)20-26-18(29-27-20)11-31-22-19-16(10-30-21(19)24-12-25-22)13-6-8-14(23)9-7-13/h2-10,12H,11H2,1H3. The fourth-order valence-corrected chi connectivity index (χ4v) is 5.01. The number of benzene rings is 2. The largest absolute Gasteiger partial charge is 0.496 e. The quantitative estimate of drug-likeness (QED) is 0.237. The number of aromatic nitrogens is 4. The van der Waals surface area contributed by atoms with Gasteiger partial charge in [0, 0.05) is 10.9 Å². The summed E-state index contributed by atoms with van der Waals surface area (Å²) in [6.07, 6.45) is 1.55. The molecule has 0 amide bonds. The smallest absolute Gasteiger partial charge is 0.237 e. The molecule has 0 spiro atoms. The van der Waals surface area contributed by atoms with Gasteiger partial charge in [0.2, 0.25) is 11.7 Å². The van der Waals surface area contributed by atoms with Crippen LogP contribution in [0.3, 0.4) is 0 Å². The molecule has 3 heterocycles. The molecule has 31 heavy (non-hydrogen) atoms. The summed E-state index contributed by atoms with van der Waals surface area (Å²) >= 11 is 3.02. The summed E-state index contributed by atoms with van der Waals surface area (Å²) in [5, 5.41) is 7.85. The third kappa shape index (κ3) is 3.89. The Hall–Kier alpha value is -3.30. The van der Waals surface area contributed by atoms with Gasteiger partial charge < -0.3 is 9.26 Å². The minimum Gasteiger partial charge on any atom is -0.496 e. The van der Waals surface area contributed by atoms with Crippen molar-refractivity contribution in [3.8, 4) is 28.3 Å². The average molecular weight is 451 g/mol. The van der Waals surface area contributed by atoms with Crippen molar-refractivity contribution in [3.05, 3.63) is 71.9 Å². The van der Waals surface area contributed by atoms with Crippen molar-refractivity contribution in [2.75, 3.05) is 7.11 Å². The topological polar surface area (TPSA) is 73.9 Å². The Morgan fingerprint density at radius 1 is 1.06 bits per heavy atom. The molecule has 0 bridgehead atoms. The normalized spacial score (nSPS) is 11.2. The molecule has 0 radical (unpaired) electrons. The van der Waals surface area contributed by atoms with E-state index < -0.39 is 0 Å². The third-order valence-corrected chi connectivity index (χ3v) is 6.50. The van der Waals surface area contributed by atoms with Crippen molar-refractivity contribution < 1.29 is 13.7 Å². The molecule has 0 aliphatic heterocycles. The lowest BCUT2D eigenvalue weighted by molar-refractivity contribution is 0.390. The van der Waals surface area contributed by atoms with Crippen LogP contribution in [-0.2, 0) is 5.75 Å². The summed E-state index contributed by atoms with van der Waals surface area (Å²) in [4.78, 5) is 14.2. The zero-order valence-electron chi connectivity index (χ0n) is 16.3.